The van der Waals surface area contributed by atoms with Crippen molar-refractivity contribution in [1.82, 2.24) is 14.5 Å². The highest BCUT2D eigenvalue weighted by atomic mass is 32.2. The van der Waals surface area contributed by atoms with E-state index in [-0.39, 0.29) is 17.3 Å². The van der Waals surface area contributed by atoms with Gasteiger partial charge in [0.2, 0.25) is 0 Å². The van der Waals surface area contributed by atoms with Gasteiger partial charge in [-0.25, -0.2) is 17.9 Å². The summed E-state index contributed by atoms with van der Waals surface area (Å²) in [5, 5.41) is 4.25. The van der Waals surface area contributed by atoms with E-state index in [1.807, 2.05) is 30.3 Å². The minimum Gasteiger partial charge on any atom is -0.459 e. The van der Waals surface area contributed by atoms with Crippen LogP contribution in [0.5, 0.6) is 0 Å². The van der Waals surface area contributed by atoms with Gasteiger partial charge in [0.05, 0.1) is 16.8 Å². The average Bonchev–Trinajstić information content (AvgIpc) is 3.30. The SMILES string of the molecule is C[C@H](N=C1NS(=O)(=O)c2ccccc21)C(=O)OCc1cnn(-c2ccccc2)c1. The molecule has 0 aliphatic carbocycles. The first-order valence-electron chi connectivity index (χ1n) is 8.90. The van der Waals surface area contributed by atoms with E-state index >= 15 is 0 Å². The fourth-order valence-electron chi connectivity index (χ4n) is 2.91. The van der Waals surface area contributed by atoms with Crippen molar-refractivity contribution >= 4 is 21.8 Å². The van der Waals surface area contributed by atoms with Crippen LogP contribution in [0.25, 0.3) is 5.69 Å². The van der Waals surface area contributed by atoms with Crippen LogP contribution in [-0.2, 0) is 26.2 Å². The van der Waals surface area contributed by atoms with Crippen LogP contribution < -0.4 is 4.72 Å². The van der Waals surface area contributed by atoms with Gasteiger partial charge in [-0.15, -0.1) is 0 Å². The number of amidine groups is 1. The second-order valence-corrected chi connectivity index (χ2v) is 8.14. The van der Waals surface area contributed by atoms with Gasteiger partial charge >= 0.3 is 5.97 Å². The van der Waals surface area contributed by atoms with Crippen LogP contribution in [-0.4, -0.2) is 36.0 Å². The minimum atomic E-state index is -3.65. The Labute approximate surface area is 167 Å². The normalized spacial score (nSPS) is 16.8. The lowest BCUT2D eigenvalue weighted by Crippen LogP contribution is -2.26. The number of sulfonamides is 1. The molecule has 1 atom stereocenters. The van der Waals surface area contributed by atoms with Crippen molar-refractivity contribution < 1.29 is 17.9 Å². The topological polar surface area (TPSA) is 103 Å². The molecular formula is C20H18N4O4S. The summed E-state index contributed by atoms with van der Waals surface area (Å²) in [7, 11) is -3.65. The maximum absolute atomic E-state index is 12.3. The van der Waals surface area contributed by atoms with Crippen molar-refractivity contribution in [3.63, 3.8) is 0 Å². The third kappa shape index (κ3) is 3.90. The fourth-order valence-corrected chi connectivity index (χ4v) is 4.15. The van der Waals surface area contributed by atoms with E-state index < -0.39 is 22.0 Å². The summed E-state index contributed by atoms with van der Waals surface area (Å²) in [6, 6.07) is 15.2. The van der Waals surface area contributed by atoms with Gasteiger partial charge in [-0.3, -0.25) is 9.71 Å². The Balaban J connectivity index is 1.42. The number of ether oxygens (including phenoxy) is 1. The first-order chi connectivity index (χ1) is 13.9. The van der Waals surface area contributed by atoms with Gasteiger partial charge in [-0.2, -0.15) is 5.10 Å². The Morgan fingerprint density at radius 1 is 1.17 bits per heavy atom. The zero-order valence-electron chi connectivity index (χ0n) is 15.5. The number of aromatic nitrogens is 2. The molecule has 2 heterocycles. The number of benzene rings is 2. The van der Waals surface area contributed by atoms with Crippen molar-refractivity contribution in [3.05, 3.63) is 78.1 Å². The van der Waals surface area contributed by atoms with Gasteiger partial charge in [0.15, 0.2) is 0 Å². The van der Waals surface area contributed by atoms with Crippen LogP contribution in [0.2, 0.25) is 0 Å². The molecule has 1 N–H and O–H groups in total. The molecule has 0 unspecified atom stereocenters. The Bertz CT molecular complexity index is 1190. The molecule has 0 spiro atoms. The summed E-state index contributed by atoms with van der Waals surface area (Å²) in [5.41, 5.74) is 2.07. The third-order valence-corrected chi connectivity index (χ3v) is 5.76. The second kappa shape index (κ2) is 7.51. The number of rotatable bonds is 5. The molecule has 0 fully saturated rings. The van der Waals surface area contributed by atoms with Crippen LogP contribution >= 0.6 is 0 Å². The molecular weight excluding hydrogens is 392 g/mol. The van der Waals surface area contributed by atoms with Gasteiger partial charge in [-0.1, -0.05) is 30.3 Å². The van der Waals surface area contributed by atoms with Crippen molar-refractivity contribution in [1.29, 1.82) is 0 Å². The van der Waals surface area contributed by atoms with E-state index in [1.54, 1.807) is 42.2 Å². The van der Waals surface area contributed by atoms with E-state index in [9.17, 15) is 13.2 Å². The lowest BCUT2D eigenvalue weighted by Gasteiger charge is -2.08. The Hall–Kier alpha value is -3.46. The van der Waals surface area contributed by atoms with Crippen LogP contribution in [0.4, 0.5) is 0 Å². The average molecular weight is 410 g/mol. The predicted octanol–water partition coefficient (Wildman–Crippen LogP) is 2.04. The molecule has 0 saturated carbocycles. The Morgan fingerprint density at radius 3 is 2.69 bits per heavy atom. The summed E-state index contributed by atoms with van der Waals surface area (Å²) in [6.45, 7) is 1.60. The number of aliphatic imine (C=N–C) groups is 1. The van der Waals surface area contributed by atoms with Gasteiger partial charge in [0.1, 0.15) is 18.5 Å². The zero-order chi connectivity index (χ0) is 20.4. The number of fused-ring (bicyclic) bond motifs is 1. The molecule has 8 nitrogen and oxygen atoms in total. The predicted molar refractivity (Wildman–Crippen MR) is 106 cm³/mol. The third-order valence-electron chi connectivity index (χ3n) is 4.36. The number of carbonyl (C=O) groups is 1. The summed E-state index contributed by atoms with van der Waals surface area (Å²) < 4.78 is 33.6. The largest absolute Gasteiger partial charge is 0.459 e. The number of carbonyl (C=O) groups excluding carboxylic acids is 1. The molecule has 2 aromatic carbocycles. The molecule has 0 radical (unpaired) electrons. The van der Waals surface area contributed by atoms with E-state index in [0.717, 1.165) is 11.3 Å². The van der Waals surface area contributed by atoms with Crippen LogP contribution in [0.3, 0.4) is 0 Å². The molecule has 0 saturated heterocycles. The monoisotopic (exact) mass is 410 g/mol. The molecule has 148 valence electrons. The van der Waals surface area contributed by atoms with E-state index in [2.05, 4.69) is 14.8 Å². The van der Waals surface area contributed by atoms with Crippen LogP contribution in [0.1, 0.15) is 18.1 Å². The highest BCUT2D eigenvalue weighted by Gasteiger charge is 2.31. The molecule has 9 heteroatoms. The maximum atomic E-state index is 12.3. The molecule has 1 aliphatic rings. The van der Waals surface area contributed by atoms with Crippen molar-refractivity contribution in [2.45, 2.75) is 24.5 Å². The summed E-state index contributed by atoms with van der Waals surface area (Å²) in [4.78, 5) is 16.7. The number of esters is 1. The van der Waals surface area contributed by atoms with E-state index in [1.165, 1.54) is 6.07 Å². The number of hydrogen-bond donors (Lipinski definition) is 1. The minimum absolute atomic E-state index is 0.0448. The highest BCUT2D eigenvalue weighted by Crippen LogP contribution is 2.22. The van der Waals surface area contributed by atoms with Gasteiger partial charge in [-0.05, 0) is 31.2 Å². The number of para-hydroxylation sites is 1. The smallest absolute Gasteiger partial charge is 0.330 e. The second-order valence-electron chi connectivity index (χ2n) is 6.49. The molecule has 0 bridgehead atoms. The highest BCUT2D eigenvalue weighted by molar-refractivity contribution is 7.90. The number of nitrogens with one attached hydrogen (secondary N) is 1. The van der Waals surface area contributed by atoms with Crippen LogP contribution in [0.15, 0.2) is 76.9 Å². The first kappa shape index (κ1) is 18.9. The lowest BCUT2D eigenvalue weighted by atomic mass is 10.2. The quantitative estimate of drug-likeness (QED) is 0.649. The zero-order valence-corrected chi connectivity index (χ0v) is 16.3. The Morgan fingerprint density at radius 2 is 1.90 bits per heavy atom. The summed E-state index contributed by atoms with van der Waals surface area (Å²) in [6.07, 6.45) is 3.40. The van der Waals surface area contributed by atoms with Crippen molar-refractivity contribution in [3.8, 4) is 5.69 Å². The van der Waals surface area contributed by atoms with Gasteiger partial charge in [0, 0.05) is 17.3 Å². The lowest BCUT2D eigenvalue weighted by molar-refractivity contribution is -0.146. The van der Waals surface area contributed by atoms with Crippen molar-refractivity contribution in [2.24, 2.45) is 4.99 Å². The molecule has 1 aliphatic heterocycles. The van der Waals surface area contributed by atoms with Crippen LogP contribution in [0, 0.1) is 0 Å². The van der Waals surface area contributed by atoms with E-state index in [0.29, 0.717) is 5.56 Å². The van der Waals surface area contributed by atoms with Crippen molar-refractivity contribution in [2.75, 3.05) is 0 Å². The van der Waals surface area contributed by atoms with Gasteiger partial charge < -0.3 is 4.74 Å². The molecule has 4 rings (SSSR count). The summed E-state index contributed by atoms with van der Waals surface area (Å²) >= 11 is 0. The fraction of sp³-hybridized carbons (Fsp3) is 0.150. The first-order valence-corrected chi connectivity index (χ1v) is 10.4. The molecule has 29 heavy (non-hydrogen) atoms. The molecule has 3 aromatic rings. The summed E-state index contributed by atoms with van der Waals surface area (Å²) in [5.74, 6) is -0.421. The molecule has 1 aromatic heterocycles. The Kier molecular flexibility index (Phi) is 4.89. The standard InChI is InChI=1S/C20H18N4O4S/c1-14(22-19-17-9-5-6-10-18(17)29(26,27)23-19)20(25)28-13-15-11-21-24(12-15)16-7-3-2-4-8-16/h2-12,14H,13H2,1H3,(H,22,23)/t14-/m0/s1. The van der Waals surface area contributed by atoms with E-state index in [4.69, 9.17) is 4.74 Å². The van der Waals surface area contributed by atoms with Gasteiger partial charge in [0.25, 0.3) is 10.0 Å². The number of nitrogens with zero attached hydrogens (tertiary/aromatic N) is 3. The molecule has 0 amide bonds. The number of hydrogen-bond acceptors (Lipinski definition) is 6. The maximum Gasteiger partial charge on any atom is 0.330 e.